The number of rotatable bonds is 5. The Bertz CT molecular complexity index is 1580. The fourth-order valence-electron chi connectivity index (χ4n) is 4.41. The van der Waals surface area contributed by atoms with Gasteiger partial charge < -0.3 is 10.1 Å². The van der Waals surface area contributed by atoms with E-state index in [4.69, 9.17) is 4.98 Å². The molecule has 0 radical (unpaired) electrons. The maximum Gasteiger partial charge on any atom is 0.573 e. The number of hydrogen-bond donors (Lipinski definition) is 1. The van der Waals surface area contributed by atoms with Crippen LogP contribution in [0, 0.1) is 6.92 Å². The molecule has 8 nitrogen and oxygen atoms in total. The molecule has 1 aliphatic heterocycles. The van der Waals surface area contributed by atoms with Crippen molar-refractivity contribution >= 4 is 32.5 Å². The first kappa shape index (κ1) is 24.8. The van der Waals surface area contributed by atoms with E-state index in [9.17, 15) is 26.4 Å². The first-order valence-electron chi connectivity index (χ1n) is 11.3. The third-order valence-electron chi connectivity index (χ3n) is 6.05. The van der Waals surface area contributed by atoms with Gasteiger partial charge in [-0.05, 0) is 43.7 Å². The molecule has 0 bridgehead atoms. The van der Waals surface area contributed by atoms with Crippen LogP contribution in [-0.4, -0.2) is 47.0 Å². The van der Waals surface area contributed by atoms with Crippen molar-refractivity contribution in [2.45, 2.75) is 25.7 Å². The van der Waals surface area contributed by atoms with Crippen molar-refractivity contribution in [3.05, 3.63) is 71.9 Å². The van der Waals surface area contributed by atoms with Crippen LogP contribution in [0.4, 0.5) is 18.9 Å². The molecule has 1 amide bonds. The molecule has 0 saturated carbocycles. The molecule has 2 aromatic heterocycles. The molecule has 0 aliphatic carbocycles. The maximum absolute atomic E-state index is 13.4. The number of sulfone groups is 1. The number of ether oxygens (including phenoxy) is 1. The Hall–Kier alpha value is -3.93. The summed E-state index contributed by atoms with van der Waals surface area (Å²) in [5, 5.41) is 7.73. The van der Waals surface area contributed by atoms with Crippen LogP contribution in [-0.2, 0) is 9.84 Å². The highest BCUT2D eigenvalue weighted by Crippen LogP contribution is 2.32. The smallest absolute Gasteiger partial charge is 0.406 e. The molecule has 192 valence electrons. The van der Waals surface area contributed by atoms with Crippen LogP contribution < -0.4 is 10.1 Å². The Morgan fingerprint density at radius 3 is 2.43 bits per heavy atom. The lowest BCUT2D eigenvalue weighted by molar-refractivity contribution is -0.274. The number of pyridine rings is 1. The van der Waals surface area contributed by atoms with E-state index in [0.717, 1.165) is 17.7 Å². The minimum Gasteiger partial charge on any atom is -0.406 e. The molecule has 0 spiro atoms. The minimum absolute atomic E-state index is 0.0534. The fraction of sp³-hybridized carbons (Fsp3) is 0.240. The number of nitrogens with one attached hydrogen (secondary N) is 1. The molecule has 1 atom stereocenters. The van der Waals surface area contributed by atoms with E-state index in [1.807, 2.05) is 30.3 Å². The van der Waals surface area contributed by atoms with Crippen molar-refractivity contribution < 1.29 is 31.1 Å². The second-order valence-corrected chi connectivity index (χ2v) is 11.0. The van der Waals surface area contributed by atoms with E-state index in [2.05, 4.69) is 15.2 Å². The fourth-order valence-corrected chi connectivity index (χ4v) is 6.10. The zero-order valence-electron chi connectivity index (χ0n) is 19.5. The van der Waals surface area contributed by atoms with Crippen molar-refractivity contribution in [3.8, 4) is 17.0 Å². The van der Waals surface area contributed by atoms with Gasteiger partial charge in [0.2, 0.25) is 0 Å². The molecule has 37 heavy (non-hydrogen) atoms. The second-order valence-electron chi connectivity index (χ2n) is 8.73. The normalized spacial score (nSPS) is 17.1. The summed E-state index contributed by atoms with van der Waals surface area (Å²) in [6.45, 7) is 1.71. The minimum atomic E-state index is -4.82. The molecule has 12 heteroatoms. The highest BCUT2D eigenvalue weighted by Gasteiger charge is 2.33. The summed E-state index contributed by atoms with van der Waals surface area (Å²) in [5.74, 6) is -0.936. The van der Waals surface area contributed by atoms with Gasteiger partial charge in [-0.15, -0.1) is 13.2 Å². The van der Waals surface area contributed by atoms with Gasteiger partial charge in [0.25, 0.3) is 5.91 Å². The second kappa shape index (κ2) is 9.18. The molecule has 2 aromatic carbocycles. The highest BCUT2D eigenvalue weighted by atomic mass is 32.2. The van der Waals surface area contributed by atoms with Crippen molar-refractivity contribution in [2.75, 3.05) is 16.8 Å². The molecule has 5 rings (SSSR count). The van der Waals surface area contributed by atoms with E-state index in [1.54, 1.807) is 17.7 Å². The Morgan fingerprint density at radius 1 is 1.11 bits per heavy atom. The number of nitrogens with zero attached hydrogens (tertiary/aromatic N) is 3. The summed E-state index contributed by atoms with van der Waals surface area (Å²) in [7, 11) is -3.20. The lowest BCUT2D eigenvalue weighted by atomic mass is 10.0. The van der Waals surface area contributed by atoms with Crippen LogP contribution >= 0.6 is 0 Å². The van der Waals surface area contributed by atoms with E-state index in [0.29, 0.717) is 28.8 Å². The Balaban J connectivity index is 1.56. The lowest BCUT2D eigenvalue weighted by Gasteiger charge is -2.13. The third-order valence-corrected chi connectivity index (χ3v) is 7.80. The molecular weight excluding hydrogens is 509 g/mol. The summed E-state index contributed by atoms with van der Waals surface area (Å²) >= 11 is 0. The Morgan fingerprint density at radius 2 is 1.81 bits per heavy atom. The summed E-state index contributed by atoms with van der Waals surface area (Å²) < 4.78 is 67.1. The van der Waals surface area contributed by atoms with Crippen LogP contribution in [0.25, 0.3) is 22.3 Å². The number of benzene rings is 2. The highest BCUT2D eigenvalue weighted by molar-refractivity contribution is 7.91. The van der Waals surface area contributed by atoms with E-state index < -0.39 is 33.9 Å². The molecule has 1 fully saturated rings. The van der Waals surface area contributed by atoms with Gasteiger partial charge >= 0.3 is 6.36 Å². The standard InChI is InChI=1S/C25H21F3N4O4S/c1-15-22-20(24(33)29-17-7-9-19(10-8-17)36-25(26,27)28)13-21(16-5-3-2-4-6-16)30-23(22)32(31-15)18-11-12-37(34,35)14-18/h2-10,13,18H,11-12,14H2,1H3,(H,29,33). The zero-order chi connectivity index (χ0) is 26.4. The van der Waals surface area contributed by atoms with Gasteiger partial charge in [-0.1, -0.05) is 30.3 Å². The predicted octanol–water partition coefficient (Wildman–Crippen LogP) is 4.92. The summed E-state index contributed by atoms with van der Waals surface area (Å²) in [5.41, 5.74) is 2.65. The van der Waals surface area contributed by atoms with Crippen LogP contribution in [0.3, 0.4) is 0 Å². The van der Waals surface area contributed by atoms with Crippen LogP contribution in [0.15, 0.2) is 60.7 Å². The zero-order valence-corrected chi connectivity index (χ0v) is 20.3. The molecule has 1 unspecified atom stereocenters. The van der Waals surface area contributed by atoms with Crippen molar-refractivity contribution in [3.63, 3.8) is 0 Å². The number of amides is 1. The predicted molar refractivity (Wildman–Crippen MR) is 131 cm³/mol. The van der Waals surface area contributed by atoms with E-state index in [1.165, 1.54) is 12.1 Å². The molecule has 1 aliphatic rings. The van der Waals surface area contributed by atoms with Crippen LogP contribution in [0.1, 0.15) is 28.5 Å². The molecule has 1 N–H and O–H groups in total. The first-order valence-corrected chi connectivity index (χ1v) is 13.1. The largest absolute Gasteiger partial charge is 0.573 e. The van der Waals surface area contributed by atoms with Gasteiger partial charge in [-0.3, -0.25) is 4.79 Å². The number of hydrogen-bond acceptors (Lipinski definition) is 6. The summed E-state index contributed by atoms with van der Waals surface area (Å²) in [6.07, 6.45) is -4.43. The van der Waals surface area contributed by atoms with Crippen molar-refractivity contribution in [2.24, 2.45) is 0 Å². The average Bonchev–Trinajstić information content (AvgIpc) is 3.38. The SMILES string of the molecule is Cc1nn(C2CCS(=O)(=O)C2)c2nc(-c3ccccc3)cc(C(=O)Nc3ccc(OC(F)(F)F)cc3)c12. The number of alkyl halides is 3. The number of fused-ring (bicyclic) bond motifs is 1. The number of halogens is 3. The third kappa shape index (κ3) is 5.29. The van der Waals surface area contributed by atoms with Gasteiger partial charge in [0.15, 0.2) is 15.5 Å². The monoisotopic (exact) mass is 530 g/mol. The van der Waals surface area contributed by atoms with Gasteiger partial charge in [0.05, 0.1) is 39.9 Å². The summed E-state index contributed by atoms with van der Waals surface area (Å²) in [6, 6.07) is 15.2. The lowest BCUT2D eigenvalue weighted by Crippen LogP contribution is -2.17. The molecule has 4 aromatic rings. The molecule has 3 heterocycles. The van der Waals surface area contributed by atoms with Gasteiger partial charge in [-0.2, -0.15) is 5.10 Å². The number of anilines is 1. The van der Waals surface area contributed by atoms with Crippen molar-refractivity contribution in [1.29, 1.82) is 0 Å². The van der Waals surface area contributed by atoms with Gasteiger partial charge in [0.1, 0.15) is 5.75 Å². The van der Waals surface area contributed by atoms with Gasteiger partial charge in [0, 0.05) is 11.3 Å². The Labute approximate surface area is 210 Å². The average molecular weight is 531 g/mol. The number of aryl methyl sites for hydroxylation is 1. The van der Waals surface area contributed by atoms with Gasteiger partial charge in [-0.25, -0.2) is 18.1 Å². The number of carbonyl (C=O) groups excluding carboxylic acids is 1. The molecular formula is C25H21F3N4O4S. The topological polar surface area (TPSA) is 103 Å². The van der Waals surface area contributed by atoms with Crippen molar-refractivity contribution in [1.82, 2.24) is 14.8 Å². The number of carbonyl (C=O) groups is 1. The molecule has 1 saturated heterocycles. The van der Waals surface area contributed by atoms with E-state index in [-0.39, 0.29) is 22.8 Å². The first-order chi connectivity index (χ1) is 17.5. The van der Waals surface area contributed by atoms with Crippen LogP contribution in [0.5, 0.6) is 5.75 Å². The Kier molecular flexibility index (Phi) is 6.14. The summed E-state index contributed by atoms with van der Waals surface area (Å²) in [4.78, 5) is 18.2. The number of aromatic nitrogens is 3. The van der Waals surface area contributed by atoms with E-state index >= 15 is 0 Å². The quantitative estimate of drug-likeness (QED) is 0.393. The van der Waals surface area contributed by atoms with Crippen LogP contribution in [0.2, 0.25) is 0 Å². The maximum atomic E-state index is 13.4.